The number of aromatic nitrogens is 2. The number of nitrogens with zero attached hydrogens (tertiary/aromatic N) is 2. The highest BCUT2D eigenvalue weighted by Crippen LogP contribution is 2.55. The zero-order chi connectivity index (χ0) is 34.9. The number of benzene rings is 8. The molecule has 0 fully saturated rings. The number of fused-ring (bicyclic) bond motifs is 10. The highest BCUT2D eigenvalue weighted by Gasteiger charge is 2.45. The Bertz CT molecular complexity index is 3100. The van der Waals surface area contributed by atoms with Gasteiger partial charge >= 0.3 is 0 Å². The van der Waals surface area contributed by atoms with E-state index in [1.807, 2.05) is 6.07 Å². The number of rotatable bonds is 3. The van der Waals surface area contributed by atoms with Gasteiger partial charge in [-0.2, -0.15) is 0 Å². The van der Waals surface area contributed by atoms with Gasteiger partial charge in [-0.15, -0.1) is 0 Å². The van der Waals surface area contributed by atoms with Crippen LogP contribution in [0.1, 0.15) is 22.3 Å². The van der Waals surface area contributed by atoms with Crippen LogP contribution >= 0.6 is 0 Å². The number of para-hydroxylation sites is 3. The van der Waals surface area contributed by atoms with Gasteiger partial charge in [-0.1, -0.05) is 157 Å². The summed E-state index contributed by atoms with van der Waals surface area (Å²) in [7, 11) is 0. The van der Waals surface area contributed by atoms with Crippen LogP contribution in [0.2, 0.25) is 0 Å². The molecular formula is C51H32N2. The van der Waals surface area contributed by atoms with E-state index >= 15 is 0 Å². The van der Waals surface area contributed by atoms with Crippen LogP contribution in [0.25, 0.3) is 66.1 Å². The average molecular weight is 673 g/mol. The van der Waals surface area contributed by atoms with E-state index in [9.17, 15) is 0 Å². The van der Waals surface area contributed by atoms with Crippen LogP contribution in [0.4, 0.5) is 0 Å². The van der Waals surface area contributed by atoms with Gasteiger partial charge in [0, 0.05) is 38.4 Å². The third kappa shape index (κ3) is 4.17. The SMILES string of the molecule is C(#CC1(c2ccccc2)c2ccccc2-c2c(-n3c4ccccc4c4c3ccc3c5ccccc5n(-c5ccccc5)c34)cccc21)c1ccccc1. The second-order valence-electron chi connectivity index (χ2n) is 13.9. The summed E-state index contributed by atoms with van der Waals surface area (Å²) in [6, 6.07) is 70.0. The fraction of sp³-hybridized carbons (Fsp3) is 0.0196. The first kappa shape index (κ1) is 29.6. The van der Waals surface area contributed by atoms with Crippen LogP contribution in [-0.4, -0.2) is 9.13 Å². The summed E-state index contributed by atoms with van der Waals surface area (Å²) in [5.41, 5.74) is 13.5. The largest absolute Gasteiger partial charge is 0.309 e. The summed E-state index contributed by atoms with van der Waals surface area (Å²) in [5, 5.41) is 4.99. The van der Waals surface area contributed by atoms with Crippen molar-refractivity contribution in [3.63, 3.8) is 0 Å². The Hall–Kier alpha value is -7.08. The Morgan fingerprint density at radius 2 is 1.04 bits per heavy atom. The normalized spacial score (nSPS) is 14.7. The van der Waals surface area contributed by atoms with Crippen molar-refractivity contribution in [3.8, 4) is 34.3 Å². The number of hydrogen-bond acceptors (Lipinski definition) is 0. The molecule has 0 aliphatic heterocycles. The Labute approximate surface area is 307 Å². The smallest absolute Gasteiger partial charge is 0.108 e. The Kier molecular flexibility index (Phi) is 6.41. The summed E-state index contributed by atoms with van der Waals surface area (Å²) < 4.78 is 4.95. The Morgan fingerprint density at radius 3 is 1.83 bits per heavy atom. The van der Waals surface area contributed by atoms with Gasteiger partial charge < -0.3 is 9.13 Å². The molecule has 11 rings (SSSR count). The van der Waals surface area contributed by atoms with Crippen molar-refractivity contribution >= 4 is 43.6 Å². The molecule has 2 heteroatoms. The van der Waals surface area contributed by atoms with Gasteiger partial charge in [-0.05, 0) is 70.8 Å². The second kappa shape index (κ2) is 11.5. The molecule has 0 bridgehead atoms. The zero-order valence-corrected chi connectivity index (χ0v) is 28.9. The Morgan fingerprint density at radius 1 is 0.415 bits per heavy atom. The minimum atomic E-state index is -0.662. The van der Waals surface area contributed by atoms with Gasteiger partial charge in [-0.3, -0.25) is 0 Å². The lowest BCUT2D eigenvalue weighted by Gasteiger charge is -2.27. The fourth-order valence-corrected chi connectivity index (χ4v) is 9.00. The molecule has 0 saturated carbocycles. The summed E-state index contributed by atoms with van der Waals surface area (Å²) in [6.07, 6.45) is 0. The minimum absolute atomic E-state index is 0.662. The molecule has 0 saturated heterocycles. The van der Waals surface area contributed by atoms with Gasteiger partial charge in [0.05, 0.1) is 27.8 Å². The quantitative estimate of drug-likeness (QED) is 0.165. The van der Waals surface area contributed by atoms with Crippen LogP contribution in [0.5, 0.6) is 0 Å². The number of hydrogen-bond donors (Lipinski definition) is 0. The van der Waals surface area contributed by atoms with E-state index in [1.165, 1.54) is 71.4 Å². The predicted octanol–water partition coefficient (Wildman–Crippen LogP) is 12.2. The lowest BCUT2D eigenvalue weighted by atomic mass is 9.73. The van der Waals surface area contributed by atoms with E-state index in [-0.39, 0.29) is 0 Å². The maximum absolute atomic E-state index is 3.89. The van der Waals surface area contributed by atoms with E-state index < -0.39 is 5.41 Å². The molecule has 0 spiro atoms. The maximum Gasteiger partial charge on any atom is 0.108 e. The first-order chi connectivity index (χ1) is 26.3. The first-order valence-corrected chi connectivity index (χ1v) is 18.2. The minimum Gasteiger partial charge on any atom is -0.309 e. The van der Waals surface area contributed by atoms with Crippen molar-refractivity contribution in [1.82, 2.24) is 9.13 Å². The van der Waals surface area contributed by atoms with Gasteiger partial charge in [-0.25, -0.2) is 0 Å². The van der Waals surface area contributed by atoms with Crippen LogP contribution in [0, 0.1) is 11.8 Å². The molecule has 2 aromatic heterocycles. The van der Waals surface area contributed by atoms with E-state index in [0.29, 0.717) is 0 Å². The van der Waals surface area contributed by atoms with Crippen molar-refractivity contribution in [2.75, 3.05) is 0 Å². The standard InChI is InChI=1S/C51H32N2/c1-4-17-35(18-5-1)33-34-51(36-19-6-2-7-20-36)42-26-13-10-24-40(42)48-43(51)27-16-30-46(48)53-45-29-15-12-25-41(45)49-47(53)32-31-39-38-23-11-14-28-44(38)52(50(39)49)37-21-8-3-9-22-37/h1-32H. The topological polar surface area (TPSA) is 9.86 Å². The van der Waals surface area contributed by atoms with Gasteiger partial charge in [0.15, 0.2) is 0 Å². The van der Waals surface area contributed by atoms with Gasteiger partial charge in [0.2, 0.25) is 0 Å². The third-order valence-corrected chi connectivity index (χ3v) is 11.1. The van der Waals surface area contributed by atoms with Gasteiger partial charge in [0.25, 0.3) is 0 Å². The molecule has 0 N–H and O–H groups in total. The first-order valence-electron chi connectivity index (χ1n) is 18.2. The maximum atomic E-state index is 3.89. The van der Waals surface area contributed by atoms with Crippen molar-refractivity contribution in [2.45, 2.75) is 5.41 Å². The molecule has 1 atom stereocenters. The fourth-order valence-electron chi connectivity index (χ4n) is 9.00. The highest BCUT2D eigenvalue weighted by atomic mass is 15.0. The summed E-state index contributed by atoms with van der Waals surface area (Å²) in [6.45, 7) is 0. The van der Waals surface area contributed by atoms with Crippen LogP contribution in [0.3, 0.4) is 0 Å². The van der Waals surface area contributed by atoms with E-state index in [4.69, 9.17) is 0 Å². The predicted molar refractivity (Wildman–Crippen MR) is 220 cm³/mol. The van der Waals surface area contributed by atoms with Crippen molar-refractivity contribution < 1.29 is 0 Å². The summed E-state index contributed by atoms with van der Waals surface area (Å²) >= 11 is 0. The molecule has 0 radical (unpaired) electrons. The van der Waals surface area contributed by atoms with E-state index in [1.54, 1.807) is 0 Å². The molecule has 10 aromatic rings. The second-order valence-corrected chi connectivity index (χ2v) is 13.9. The van der Waals surface area contributed by atoms with Crippen molar-refractivity contribution in [2.24, 2.45) is 0 Å². The highest BCUT2D eigenvalue weighted by molar-refractivity contribution is 6.26. The molecule has 2 nitrogen and oxygen atoms in total. The molecule has 0 amide bonds. The average Bonchev–Trinajstić information content (AvgIpc) is 3.85. The molecule has 1 aliphatic rings. The molecule has 2 heterocycles. The van der Waals surface area contributed by atoms with Crippen molar-refractivity contribution in [3.05, 3.63) is 216 Å². The van der Waals surface area contributed by atoms with Crippen LogP contribution < -0.4 is 0 Å². The molecule has 8 aromatic carbocycles. The van der Waals surface area contributed by atoms with Crippen LogP contribution in [-0.2, 0) is 5.41 Å². The molecular weight excluding hydrogens is 641 g/mol. The van der Waals surface area contributed by atoms with E-state index in [0.717, 1.165) is 16.9 Å². The molecule has 1 aliphatic carbocycles. The van der Waals surface area contributed by atoms with Gasteiger partial charge in [0.1, 0.15) is 5.41 Å². The zero-order valence-electron chi connectivity index (χ0n) is 28.9. The van der Waals surface area contributed by atoms with Crippen LogP contribution in [0.15, 0.2) is 194 Å². The summed E-state index contributed by atoms with van der Waals surface area (Å²) in [5.74, 6) is 7.51. The molecule has 53 heavy (non-hydrogen) atoms. The molecule has 1 unspecified atom stereocenters. The summed E-state index contributed by atoms with van der Waals surface area (Å²) in [4.78, 5) is 0. The molecule has 246 valence electrons. The van der Waals surface area contributed by atoms with Crippen molar-refractivity contribution in [1.29, 1.82) is 0 Å². The Balaban J connectivity index is 1.28. The monoisotopic (exact) mass is 672 g/mol. The van der Waals surface area contributed by atoms with E-state index in [2.05, 4.69) is 209 Å². The lowest BCUT2D eigenvalue weighted by molar-refractivity contribution is 0.836. The third-order valence-electron chi connectivity index (χ3n) is 11.1. The lowest BCUT2D eigenvalue weighted by Crippen LogP contribution is -2.25.